The number of imidazole rings is 1. The lowest BCUT2D eigenvalue weighted by atomic mass is 10.2. The number of nitrogens with one attached hydrogen (secondary N) is 1. The second-order valence-corrected chi connectivity index (χ2v) is 5.46. The molecule has 0 radical (unpaired) electrons. The van der Waals surface area contributed by atoms with Gasteiger partial charge in [-0.25, -0.2) is 4.98 Å². The van der Waals surface area contributed by atoms with Crippen molar-refractivity contribution < 1.29 is 9.13 Å². The monoisotopic (exact) mass is 315 g/mol. The zero-order chi connectivity index (χ0) is 16.4. The summed E-state index contributed by atoms with van der Waals surface area (Å²) in [6.45, 7) is 4.49. The smallest absolute Gasteiger partial charge is 0.312 e. The molecule has 0 bridgehead atoms. The van der Waals surface area contributed by atoms with Crippen molar-refractivity contribution in [2.45, 2.75) is 26.4 Å². The number of ether oxygens (including phenoxy) is 1. The fourth-order valence-corrected chi connectivity index (χ4v) is 2.32. The topological polar surface area (TPSA) is 64.9 Å². The molecular weight excluding hydrogens is 297 g/mol. The van der Waals surface area contributed by atoms with Gasteiger partial charge in [0.1, 0.15) is 5.75 Å². The van der Waals surface area contributed by atoms with Gasteiger partial charge in [-0.1, -0.05) is 12.1 Å². The summed E-state index contributed by atoms with van der Waals surface area (Å²) in [6, 6.07) is 7.77. The third-order valence-corrected chi connectivity index (χ3v) is 3.57. The van der Waals surface area contributed by atoms with Crippen molar-refractivity contribution in [2.24, 2.45) is 0 Å². The van der Waals surface area contributed by atoms with Crippen LogP contribution in [-0.4, -0.2) is 26.6 Å². The second kappa shape index (κ2) is 6.20. The van der Waals surface area contributed by atoms with E-state index in [2.05, 4.69) is 20.3 Å². The summed E-state index contributed by atoms with van der Waals surface area (Å²) in [6.07, 6.45) is 0.888. The lowest BCUT2D eigenvalue weighted by Gasteiger charge is -2.09. The van der Waals surface area contributed by atoms with Gasteiger partial charge in [0.15, 0.2) is 17.0 Å². The molecule has 1 N–H and O–H groups in total. The molecule has 3 aromatic rings. The van der Waals surface area contributed by atoms with Gasteiger partial charge in [-0.3, -0.25) is 0 Å². The van der Waals surface area contributed by atoms with Gasteiger partial charge >= 0.3 is 6.08 Å². The highest BCUT2D eigenvalue weighted by molar-refractivity contribution is 5.82. The van der Waals surface area contributed by atoms with Crippen LogP contribution in [0.15, 0.2) is 30.6 Å². The minimum atomic E-state index is -0.767. The van der Waals surface area contributed by atoms with E-state index >= 15 is 0 Å². The molecule has 0 spiro atoms. The van der Waals surface area contributed by atoms with Crippen molar-refractivity contribution in [3.63, 3.8) is 0 Å². The quantitative estimate of drug-likeness (QED) is 0.733. The molecule has 6 nitrogen and oxygen atoms in total. The molecule has 23 heavy (non-hydrogen) atoms. The fraction of sp³-hybridized carbons (Fsp3) is 0.312. The van der Waals surface area contributed by atoms with Crippen molar-refractivity contribution >= 4 is 17.0 Å². The molecule has 0 saturated heterocycles. The number of rotatable bonds is 5. The van der Waals surface area contributed by atoms with Gasteiger partial charge in [-0.05, 0) is 31.5 Å². The van der Waals surface area contributed by atoms with Gasteiger partial charge in [0.2, 0.25) is 0 Å². The first-order valence-corrected chi connectivity index (χ1v) is 7.35. The molecule has 7 heteroatoms. The van der Waals surface area contributed by atoms with Crippen LogP contribution < -0.4 is 10.1 Å². The lowest BCUT2D eigenvalue weighted by molar-refractivity contribution is 0.414. The SMILES string of the molecule is COc1ccc(CNc2nc(F)nc3c2ncn3C(C)C)cc1. The van der Waals surface area contributed by atoms with Crippen molar-refractivity contribution in [3.05, 3.63) is 42.2 Å². The zero-order valence-electron chi connectivity index (χ0n) is 13.2. The summed E-state index contributed by atoms with van der Waals surface area (Å²) < 4.78 is 20.7. The predicted molar refractivity (Wildman–Crippen MR) is 86.0 cm³/mol. The van der Waals surface area contributed by atoms with Crippen LogP contribution in [0.3, 0.4) is 0 Å². The Hall–Kier alpha value is -2.70. The Morgan fingerprint density at radius 2 is 1.96 bits per heavy atom. The normalized spacial score (nSPS) is 11.2. The summed E-state index contributed by atoms with van der Waals surface area (Å²) in [5.74, 6) is 1.18. The van der Waals surface area contributed by atoms with E-state index in [0.29, 0.717) is 23.5 Å². The predicted octanol–water partition coefficient (Wildman–Crippen LogP) is 3.17. The maximum atomic E-state index is 13.7. The highest BCUT2D eigenvalue weighted by Crippen LogP contribution is 2.22. The summed E-state index contributed by atoms with van der Waals surface area (Å²) in [4.78, 5) is 12.0. The number of halogens is 1. The Labute approximate surface area is 133 Å². The van der Waals surface area contributed by atoms with E-state index in [9.17, 15) is 4.39 Å². The number of aromatic nitrogens is 4. The molecule has 0 unspecified atom stereocenters. The van der Waals surface area contributed by atoms with Crippen molar-refractivity contribution in [2.75, 3.05) is 12.4 Å². The van der Waals surface area contributed by atoms with Crippen molar-refractivity contribution in [1.29, 1.82) is 0 Å². The van der Waals surface area contributed by atoms with E-state index in [1.54, 1.807) is 13.4 Å². The van der Waals surface area contributed by atoms with Gasteiger partial charge < -0.3 is 14.6 Å². The molecule has 1 aromatic carbocycles. The molecule has 0 saturated carbocycles. The Kier molecular flexibility index (Phi) is 4.10. The molecule has 3 rings (SSSR count). The van der Waals surface area contributed by atoms with E-state index in [1.165, 1.54) is 0 Å². The first kappa shape index (κ1) is 15.2. The highest BCUT2D eigenvalue weighted by Gasteiger charge is 2.14. The second-order valence-electron chi connectivity index (χ2n) is 5.46. The number of benzene rings is 1. The van der Waals surface area contributed by atoms with Crippen molar-refractivity contribution in [3.8, 4) is 5.75 Å². The van der Waals surface area contributed by atoms with Crippen molar-refractivity contribution in [1.82, 2.24) is 19.5 Å². The summed E-state index contributed by atoms with van der Waals surface area (Å²) in [7, 11) is 1.62. The van der Waals surface area contributed by atoms with E-state index in [1.807, 2.05) is 42.7 Å². The van der Waals surface area contributed by atoms with E-state index in [-0.39, 0.29) is 6.04 Å². The minimum Gasteiger partial charge on any atom is -0.497 e. The zero-order valence-corrected chi connectivity index (χ0v) is 13.2. The number of anilines is 1. The molecule has 120 valence electrons. The van der Waals surface area contributed by atoms with Gasteiger partial charge in [0.25, 0.3) is 0 Å². The Morgan fingerprint density at radius 3 is 2.61 bits per heavy atom. The maximum Gasteiger partial charge on any atom is 0.312 e. The average Bonchev–Trinajstić information content (AvgIpc) is 2.97. The Balaban J connectivity index is 1.87. The number of fused-ring (bicyclic) bond motifs is 1. The molecule has 0 aliphatic rings. The fourth-order valence-electron chi connectivity index (χ4n) is 2.32. The van der Waals surface area contributed by atoms with Gasteiger partial charge in [-0.15, -0.1) is 0 Å². The Bertz CT molecular complexity index is 813. The van der Waals surface area contributed by atoms with Crippen LogP contribution in [0.1, 0.15) is 25.5 Å². The molecule has 0 atom stereocenters. The first-order chi connectivity index (χ1) is 11.1. The first-order valence-electron chi connectivity index (χ1n) is 7.35. The van der Waals surface area contributed by atoms with Gasteiger partial charge in [0.05, 0.1) is 13.4 Å². The van der Waals surface area contributed by atoms with Crippen LogP contribution in [0, 0.1) is 6.08 Å². The third kappa shape index (κ3) is 3.08. The standard InChI is InChI=1S/C16H18FN5O/c1-10(2)22-9-19-13-14(20-16(17)21-15(13)22)18-8-11-4-6-12(23-3)7-5-11/h4-7,9-10H,8H2,1-3H3,(H,18,20,21). The largest absolute Gasteiger partial charge is 0.497 e. The van der Waals surface area contributed by atoms with Crippen LogP contribution in [0.4, 0.5) is 10.2 Å². The molecule has 0 aliphatic heterocycles. The van der Waals surface area contributed by atoms with E-state index < -0.39 is 6.08 Å². The molecule has 2 heterocycles. The summed E-state index contributed by atoms with van der Waals surface area (Å²) in [5, 5.41) is 3.13. The van der Waals surface area contributed by atoms with E-state index in [4.69, 9.17) is 4.74 Å². The number of methoxy groups -OCH3 is 1. The summed E-state index contributed by atoms with van der Waals surface area (Å²) >= 11 is 0. The van der Waals surface area contributed by atoms with Crippen LogP contribution in [0.5, 0.6) is 5.75 Å². The molecule has 2 aromatic heterocycles. The summed E-state index contributed by atoms with van der Waals surface area (Å²) in [5.41, 5.74) is 2.08. The maximum absolute atomic E-state index is 13.7. The lowest BCUT2D eigenvalue weighted by Crippen LogP contribution is -2.06. The Morgan fingerprint density at radius 1 is 1.22 bits per heavy atom. The minimum absolute atomic E-state index is 0.142. The van der Waals surface area contributed by atoms with Gasteiger partial charge in [0, 0.05) is 12.6 Å². The molecule has 0 amide bonds. The molecular formula is C16H18FN5O. The third-order valence-electron chi connectivity index (χ3n) is 3.57. The van der Waals surface area contributed by atoms with Crippen LogP contribution in [0.25, 0.3) is 11.2 Å². The number of nitrogens with zero attached hydrogens (tertiary/aromatic N) is 4. The molecule has 0 fully saturated rings. The van der Waals surface area contributed by atoms with E-state index in [0.717, 1.165) is 11.3 Å². The van der Waals surface area contributed by atoms with Gasteiger partial charge in [-0.2, -0.15) is 14.4 Å². The average molecular weight is 315 g/mol. The molecule has 0 aliphatic carbocycles. The van der Waals surface area contributed by atoms with Crippen LogP contribution in [0.2, 0.25) is 0 Å². The van der Waals surface area contributed by atoms with Crippen LogP contribution in [-0.2, 0) is 6.54 Å². The number of hydrogen-bond acceptors (Lipinski definition) is 5. The van der Waals surface area contributed by atoms with Crippen LogP contribution >= 0.6 is 0 Å². The highest BCUT2D eigenvalue weighted by atomic mass is 19.1. The number of hydrogen-bond donors (Lipinski definition) is 1.